The van der Waals surface area contributed by atoms with Crippen LogP contribution in [0.1, 0.15) is 6.42 Å². The zero-order chi connectivity index (χ0) is 10.2. The van der Waals surface area contributed by atoms with Crippen LogP contribution >= 0.6 is 0 Å². The molecule has 0 saturated heterocycles. The van der Waals surface area contributed by atoms with Crippen molar-refractivity contribution in [2.45, 2.75) is 6.42 Å². The molecular formula is C9H12N4O. The fraction of sp³-hybridized carbons (Fsp3) is 0.333. The maximum Gasteiger partial charge on any atom is 0.121 e. The van der Waals surface area contributed by atoms with Crippen molar-refractivity contribution >= 4 is 5.69 Å². The van der Waals surface area contributed by atoms with E-state index in [1.54, 1.807) is 12.1 Å². The predicted octanol–water partition coefficient (Wildman–Crippen LogP) is 2.35. The van der Waals surface area contributed by atoms with Gasteiger partial charge in [0.2, 0.25) is 0 Å². The quantitative estimate of drug-likeness (QED) is 0.255. The van der Waals surface area contributed by atoms with Crippen molar-refractivity contribution in [3.63, 3.8) is 0 Å². The summed E-state index contributed by atoms with van der Waals surface area (Å²) in [5.41, 5.74) is 14.3. The van der Waals surface area contributed by atoms with Crippen LogP contribution in [-0.2, 0) is 0 Å². The fourth-order valence-electron chi connectivity index (χ4n) is 0.974. The van der Waals surface area contributed by atoms with Crippen LogP contribution in [0.4, 0.5) is 5.69 Å². The summed E-state index contributed by atoms with van der Waals surface area (Å²) >= 11 is 0. The van der Waals surface area contributed by atoms with Gasteiger partial charge in [-0.05, 0) is 24.1 Å². The van der Waals surface area contributed by atoms with Crippen LogP contribution in [0.25, 0.3) is 10.4 Å². The summed E-state index contributed by atoms with van der Waals surface area (Å²) in [5.74, 6) is 0.742. The van der Waals surface area contributed by atoms with Gasteiger partial charge in [0.05, 0.1) is 6.61 Å². The average Bonchev–Trinajstić information content (AvgIpc) is 2.18. The minimum Gasteiger partial charge on any atom is -0.494 e. The molecule has 0 unspecified atom stereocenters. The lowest BCUT2D eigenvalue weighted by Crippen LogP contribution is -1.99. The van der Waals surface area contributed by atoms with Crippen molar-refractivity contribution in [3.05, 3.63) is 34.7 Å². The first-order valence-corrected chi connectivity index (χ1v) is 4.32. The molecule has 5 heteroatoms. The topological polar surface area (TPSA) is 84.0 Å². The Balaban J connectivity index is 2.27. The molecule has 0 aliphatic heterocycles. The van der Waals surface area contributed by atoms with Gasteiger partial charge in [0.15, 0.2) is 0 Å². The third-order valence-electron chi connectivity index (χ3n) is 1.59. The van der Waals surface area contributed by atoms with E-state index in [0.29, 0.717) is 25.3 Å². The van der Waals surface area contributed by atoms with Crippen molar-refractivity contribution in [3.8, 4) is 5.75 Å². The molecule has 0 aromatic heterocycles. The standard InChI is InChI=1S/C9H12N4O/c10-8-3-1-4-9(7-8)14-6-2-5-12-13-11/h1,3-4,7H,2,5-6,10H2. The molecule has 0 aliphatic carbocycles. The summed E-state index contributed by atoms with van der Waals surface area (Å²) in [5, 5.41) is 3.40. The molecule has 5 nitrogen and oxygen atoms in total. The molecule has 74 valence electrons. The molecule has 0 aliphatic rings. The first-order chi connectivity index (χ1) is 6.83. The summed E-state index contributed by atoms with van der Waals surface area (Å²) < 4.78 is 5.37. The lowest BCUT2D eigenvalue weighted by atomic mass is 10.3. The summed E-state index contributed by atoms with van der Waals surface area (Å²) in [6.07, 6.45) is 0.707. The van der Waals surface area contributed by atoms with Gasteiger partial charge in [0.25, 0.3) is 0 Å². The smallest absolute Gasteiger partial charge is 0.121 e. The van der Waals surface area contributed by atoms with Gasteiger partial charge in [-0.1, -0.05) is 11.2 Å². The minimum absolute atomic E-state index is 0.457. The molecule has 14 heavy (non-hydrogen) atoms. The number of benzene rings is 1. The highest BCUT2D eigenvalue weighted by molar-refractivity contribution is 5.43. The molecule has 0 fully saturated rings. The Labute approximate surface area is 82.1 Å². The van der Waals surface area contributed by atoms with Gasteiger partial charge in [-0.3, -0.25) is 0 Å². The van der Waals surface area contributed by atoms with E-state index in [0.717, 1.165) is 5.75 Å². The molecule has 0 spiro atoms. The molecule has 1 rings (SSSR count). The SMILES string of the molecule is [N-]=[N+]=NCCCOc1cccc(N)c1. The van der Waals surface area contributed by atoms with Gasteiger partial charge in [-0.15, -0.1) is 0 Å². The number of nitrogens with zero attached hydrogens (tertiary/aromatic N) is 3. The van der Waals surface area contributed by atoms with Gasteiger partial charge < -0.3 is 10.5 Å². The second-order valence-corrected chi connectivity index (χ2v) is 2.73. The zero-order valence-electron chi connectivity index (χ0n) is 7.76. The van der Waals surface area contributed by atoms with E-state index in [1.807, 2.05) is 12.1 Å². The number of azide groups is 1. The molecule has 0 atom stereocenters. The van der Waals surface area contributed by atoms with E-state index in [2.05, 4.69) is 10.0 Å². The summed E-state index contributed by atoms with van der Waals surface area (Å²) in [4.78, 5) is 2.64. The first kappa shape index (κ1) is 10.2. The van der Waals surface area contributed by atoms with E-state index in [-0.39, 0.29) is 0 Å². The third kappa shape index (κ3) is 3.69. The van der Waals surface area contributed by atoms with E-state index in [4.69, 9.17) is 16.0 Å². The molecule has 0 amide bonds. The number of ether oxygens (including phenoxy) is 1. The zero-order valence-corrected chi connectivity index (χ0v) is 7.76. The molecule has 0 heterocycles. The number of hydrogen-bond acceptors (Lipinski definition) is 3. The Morgan fingerprint density at radius 3 is 3.07 bits per heavy atom. The van der Waals surface area contributed by atoms with E-state index in [9.17, 15) is 0 Å². The third-order valence-corrected chi connectivity index (χ3v) is 1.59. The van der Waals surface area contributed by atoms with Crippen LogP contribution in [0.5, 0.6) is 5.75 Å². The van der Waals surface area contributed by atoms with E-state index >= 15 is 0 Å². The maximum absolute atomic E-state index is 8.02. The molecule has 0 bridgehead atoms. The largest absolute Gasteiger partial charge is 0.494 e. The molecule has 0 saturated carbocycles. The molecule has 1 aromatic rings. The van der Waals surface area contributed by atoms with Gasteiger partial charge >= 0.3 is 0 Å². The molecule has 1 aromatic carbocycles. The Bertz CT molecular complexity index is 333. The second-order valence-electron chi connectivity index (χ2n) is 2.73. The first-order valence-electron chi connectivity index (χ1n) is 4.32. The summed E-state index contributed by atoms with van der Waals surface area (Å²) in [6, 6.07) is 7.22. The Morgan fingerprint density at radius 2 is 2.36 bits per heavy atom. The van der Waals surface area contributed by atoms with Crippen LogP contribution in [0, 0.1) is 0 Å². The van der Waals surface area contributed by atoms with Crippen molar-refractivity contribution in [2.75, 3.05) is 18.9 Å². The van der Waals surface area contributed by atoms with Crippen molar-refractivity contribution < 1.29 is 4.74 Å². The lowest BCUT2D eigenvalue weighted by Gasteiger charge is -2.04. The number of rotatable bonds is 5. The molecule has 0 radical (unpaired) electrons. The Morgan fingerprint density at radius 1 is 1.50 bits per heavy atom. The van der Waals surface area contributed by atoms with Crippen LogP contribution in [0.15, 0.2) is 29.4 Å². The van der Waals surface area contributed by atoms with Crippen LogP contribution in [-0.4, -0.2) is 13.2 Å². The molecule has 2 N–H and O–H groups in total. The Hall–Kier alpha value is -1.87. The highest BCUT2D eigenvalue weighted by Crippen LogP contribution is 2.14. The second kappa shape index (κ2) is 5.72. The van der Waals surface area contributed by atoms with E-state index in [1.165, 1.54) is 0 Å². The number of nitrogens with two attached hydrogens (primary N) is 1. The van der Waals surface area contributed by atoms with Crippen LogP contribution in [0.3, 0.4) is 0 Å². The predicted molar refractivity (Wildman–Crippen MR) is 55.0 cm³/mol. The van der Waals surface area contributed by atoms with Gasteiger partial charge in [-0.2, -0.15) is 0 Å². The highest BCUT2D eigenvalue weighted by Gasteiger charge is 1.93. The minimum atomic E-state index is 0.457. The van der Waals surface area contributed by atoms with Crippen molar-refractivity contribution in [1.29, 1.82) is 0 Å². The van der Waals surface area contributed by atoms with Crippen LogP contribution < -0.4 is 10.5 Å². The monoisotopic (exact) mass is 192 g/mol. The summed E-state index contributed by atoms with van der Waals surface area (Å²) in [7, 11) is 0. The van der Waals surface area contributed by atoms with Gasteiger partial charge in [-0.25, -0.2) is 0 Å². The summed E-state index contributed by atoms with van der Waals surface area (Å²) in [6.45, 7) is 0.987. The number of hydrogen-bond donors (Lipinski definition) is 1. The van der Waals surface area contributed by atoms with Crippen molar-refractivity contribution in [2.24, 2.45) is 5.11 Å². The fourth-order valence-corrected chi connectivity index (χ4v) is 0.974. The average molecular weight is 192 g/mol. The molecular weight excluding hydrogens is 180 g/mol. The number of anilines is 1. The highest BCUT2D eigenvalue weighted by atomic mass is 16.5. The Kier molecular flexibility index (Phi) is 4.17. The maximum atomic E-state index is 8.02. The van der Waals surface area contributed by atoms with E-state index < -0.39 is 0 Å². The number of nitrogen functional groups attached to an aromatic ring is 1. The lowest BCUT2D eigenvalue weighted by molar-refractivity contribution is 0.313. The van der Waals surface area contributed by atoms with Gasteiger partial charge in [0.1, 0.15) is 5.75 Å². The van der Waals surface area contributed by atoms with Gasteiger partial charge in [0, 0.05) is 23.2 Å². The van der Waals surface area contributed by atoms with Crippen molar-refractivity contribution in [1.82, 2.24) is 0 Å². The van der Waals surface area contributed by atoms with Crippen LogP contribution in [0.2, 0.25) is 0 Å². The normalized spacial score (nSPS) is 9.14.